The monoisotopic (exact) mass is 575 g/mol. The molecule has 42 heavy (non-hydrogen) atoms. The summed E-state index contributed by atoms with van der Waals surface area (Å²) >= 11 is 0. The molecular weight excluding hydrogens is 544 g/mol. The van der Waals surface area contributed by atoms with Crippen LogP contribution in [0, 0.1) is 30.9 Å². The molecule has 1 fully saturated rings. The van der Waals surface area contributed by atoms with Crippen molar-refractivity contribution >= 4 is 17.5 Å². The number of aryl methyl sites for hydroxylation is 2. The first-order valence-electron chi connectivity index (χ1n) is 13.9. The lowest BCUT2D eigenvalue weighted by Gasteiger charge is -2.38. The number of nitrogens with zero attached hydrogens (tertiary/aromatic N) is 2. The first kappa shape index (κ1) is 27.6. The molecule has 2 atom stereocenters. The molecule has 11 heteroatoms. The number of fused-ring (bicyclic) bond motifs is 1. The van der Waals surface area contributed by atoms with Crippen molar-refractivity contribution in [3.8, 4) is 16.9 Å². The maximum absolute atomic E-state index is 14.6. The second-order valence-corrected chi connectivity index (χ2v) is 11.5. The number of amides is 2. The lowest BCUT2D eigenvalue weighted by molar-refractivity contribution is -0.119. The fraction of sp³-hybridized carbons (Fsp3) is 0.355. The minimum atomic E-state index is -1.14. The fourth-order valence-corrected chi connectivity index (χ4v) is 5.97. The number of hydrogen-bond donors (Lipinski definition) is 3. The highest BCUT2D eigenvalue weighted by Gasteiger charge is 2.58. The van der Waals surface area contributed by atoms with Crippen LogP contribution in [0.25, 0.3) is 11.1 Å². The molecule has 9 nitrogen and oxygen atoms in total. The third-order valence-electron chi connectivity index (χ3n) is 8.32. The molecular formula is C31H31F2N5O4. The van der Waals surface area contributed by atoms with Crippen molar-refractivity contribution in [1.29, 1.82) is 0 Å². The zero-order valence-corrected chi connectivity index (χ0v) is 23.7. The molecule has 3 heterocycles. The number of halogens is 2. The Bertz CT molecular complexity index is 1650. The van der Waals surface area contributed by atoms with E-state index in [-0.39, 0.29) is 23.8 Å². The minimum absolute atomic E-state index is 0.103. The Kier molecular flexibility index (Phi) is 6.83. The molecule has 4 aromatic rings. The zero-order valence-electron chi connectivity index (χ0n) is 23.7. The van der Waals surface area contributed by atoms with Crippen LogP contribution in [0.5, 0.6) is 5.75 Å². The van der Waals surface area contributed by atoms with Gasteiger partial charge in [0.1, 0.15) is 23.6 Å². The summed E-state index contributed by atoms with van der Waals surface area (Å²) in [7, 11) is 0. The summed E-state index contributed by atoms with van der Waals surface area (Å²) in [6, 6.07) is 8.24. The van der Waals surface area contributed by atoms with E-state index < -0.39 is 40.8 Å². The third kappa shape index (κ3) is 4.82. The fourth-order valence-electron chi connectivity index (χ4n) is 5.97. The van der Waals surface area contributed by atoms with Crippen molar-refractivity contribution in [3.63, 3.8) is 0 Å². The number of carbonyl (C=O) groups is 2. The summed E-state index contributed by atoms with van der Waals surface area (Å²) in [6.07, 6.45) is 2.66. The molecule has 0 saturated heterocycles. The maximum Gasteiger partial charge on any atom is 0.257 e. The number of aromatic nitrogens is 3. The topological polar surface area (TPSA) is 122 Å². The summed E-state index contributed by atoms with van der Waals surface area (Å²) < 4.78 is 39.6. The van der Waals surface area contributed by atoms with Crippen LogP contribution in [0.1, 0.15) is 71.5 Å². The highest BCUT2D eigenvalue weighted by Crippen LogP contribution is 2.61. The molecule has 1 aliphatic heterocycles. The minimum Gasteiger partial charge on any atom is -0.493 e. The van der Waals surface area contributed by atoms with E-state index in [0.717, 1.165) is 34.6 Å². The van der Waals surface area contributed by atoms with E-state index in [4.69, 9.17) is 9.26 Å². The van der Waals surface area contributed by atoms with Crippen LogP contribution in [0.3, 0.4) is 0 Å². The average molecular weight is 576 g/mol. The lowest BCUT2D eigenvalue weighted by atomic mass is 9.75. The van der Waals surface area contributed by atoms with Crippen LogP contribution in [-0.4, -0.2) is 39.8 Å². The van der Waals surface area contributed by atoms with Gasteiger partial charge in [0.2, 0.25) is 5.91 Å². The highest BCUT2D eigenvalue weighted by atomic mass is 19.2. The van der Waals surface area contributed by atoms with Gasteiger partial charge in [-0.2, -0.15) is 5.10 Å². The van der Waals surface area contributed by atoms with Gasteiger partial charge in [-0.25, -0.2) is 8.78 Å². The van der Waals surface area contributed by atoms with Gasteiger partial charge in [0.15, 0.2) is 11.6 Å². The van der Waals surface area contributed by atoms with Gasteiger partial charge in [-0.15, -0.1) is 0 Å². The van der Waals surface area contributed by atoms with Crippen molar-refractivity contribution in [1.82, 2.24) is 20.7 Å². The number of anilines is 1. The van der Waals surface area contributed by atoms with E-state index in [0.29, 0.717) is 29.8 Å². The predicted molar refractivity (Wildman–Crippen MR) is 150 cm³/mol. The summed E-state index contributed by atoms with van der Waals surface area (Å²) in [5.74, 6) is -3.75. The lowest BCUT2D eigenvalue weighted by Crippen LogP contribution is -2.52. The molecule has 1 aliphatic carbocycles. The molecule has 1 saturated carbocycles. The van der Waals surface area contributed by atoms with Crippen molar-refractivity contribution in [3.05, 3.63) is 82.5 Å². The van der Waals surface area contributed by atoms with Gasteiger partial charge >= 0.3 is 0 Å². The Morgan fingerprint density at radius 3 is 2.45 bits per heavy atom. The Labute approximate surface area is 241 Å². The summed E-state index contributed by atoms with van der Waals surface area (Å²) in [5.41, 5.74) is 4.71. The van der Waals surface area contributed by atoms with E-state index in [1.165, 1.54) is 6.26 Å². The van der Waals surface area contributed by atoms with Gasteiger partial charge in [0.05, 0.1) is 18.0 Å². The van der Waals surface area contributed by atoms with Crippen molar-refractivity contribution < 1.29 is 27.6 Å². The van der Waals surface area contributed by atoms with E-state index in [1.807, 2.05) is 39.8 Å². The van der Waals surface area contributed by atoms with Gasteiger partial charge in [0, 0.05) is 39.9 Å². The standard InChI is InChI=1S/C31H31F2N5O4/c1-15(2)27-21(13-42-38-27)29(39)35-28(26-20-11-22(32)23(33)12-24(20)41-14-31(26)9-10-31)30(40)34-19-7-5-18(6-8-19)25-16(3)36-37-17(25)4/h5-8,11-13,15,26,28H,9-10,14H2,1-4H3,(H,34,40)(H,35,39)(H,36,37)/t26?,28-/m0/s1. The van der Waals surface area contributed by atoms with E-state index >= 15 is 0 Å². The average Bonchev–Trinajstić information content (AvgIpc) is 3.38. The largest absolute Gasteiger partial charge is 0.493 e. The van der Waals surface area contributed by atoms with Gasteiger partial charge in [-0.3, -0.25) is 14.7 Å². The van der Waals surface area contributed by atoms with E-state index in [2.05, 4.69) is 26.0 Å². The number of nitrogens with one attached hydrogen (secondary N) is 3. The van der Waals surface area contributed by atoms with Crippen LogP contribution in [0.15, 0.2) is 47.2 Å². The maximum atomic E-state index is 14.6. The Morgan fingerprint density at radius 2 is 1.81 bits per heavy atom. The number of aromatic amines is 1. The molecule has 0 bridgehead atoms. The molecule has 218 valence electrons. The van der Waals surface area contributed by atoms with Crippen LogP contribution in [0.4, 0.5) is 14.5 Å². The summed E-state index contributed by atoms with van der Waals surface area (Å²) in [5, 5.41) is 17.0. The quantitative estimate of drug-likeness (QED) is 0.257. The van der Waals surface area contributed by atoms with Gasteiger partial charge in [0.25, 0.3) is 5.91 Å². The molecule has 1 unspecified atom stereocenters. The number of carbonyl (C=O) groups excluding carboxylic acids is 2. The normalized spacial score (nSPS) is 17.5. The van der Waals surface area contributed by atoms with Crippen molar-refractivity contribution in [2.24, 2.45) is 5.41 Å². The SMILES string of the molecule is Cc1n[nH]c(C)c1-c1ccc(NC(=O)[C@@H](NC(=O)c2conc2C(C)C)C2c3cc(F)c(F)cc3OCC23CC3)cc1. The first-order chi connectivity index (χ1) is 20.1. The number of ether oxygens (including phenoxy) is 1. The highest BCUT2D eigenvalue weighted by molar-refractivity contribution is 6.02. The Morgan fingerprint density at radius 1 is 1.10 bits per heavy atom. The van der Waals surface area contributed by atoms with E-state index in [9.17, 15) is 18.4 Å². The molecule has 6 rings (SSSR count). The second-order valence-electron chi connectivity index (χ2n) is 11.5. The third-order valence-corrected chi connectivity index (χ3v) is 8.32. The molecule has 3 N–H and O–H groups in total. The van der Waals surface area contributed by atoms with E-state index in [1.54, 1.807) is 12.1 Å². The first-order valence-corrected chi connectivity index (χ1v) is 13.9. The van der Waals surface area contributed by atoms with Gasteiger partial charge < -0.3 is 19.9 Å². The molecule has 2 amide bonds. The van der Waals surface area contributed by atoms with Crippen LogP contribution in [0.2, 0.25) is 0 Å². The Balaban J connectivity index is 1.36. The molecule has 0 radical (unpaired) electrons. The van der Waals surface area contributed by atoms with Crippen molar-refractivity contribution in [2.75, 3.05) is 11.9 Å². The smallest absolute Gasteiger partial charge is 0.257 e. The van der Waals surface area contributed by atoms with Crippen LogP contribution < -0.4 is 15.4 Å². The van der Waals surface area contributed by atoms with Gasteiger partial charge in [-0.05, 0) is 56.4 Å². The van der Waals surface area contributed by atoms with Gasteiger partial charge in [-0.1, -0.05) is 31.1 Å². The predicted octanol–water partition coefficient (Wildman–Crippen LogP) is 5.78. The molecule has 1 spiro atoms. The number of H-pyrrole nitrogens is 1. The van der Waals surface area contributed by atoms with Crippen LogP contribution >= 0.6 is 0 Å². The molecule has 2 aliphatic rings. The zero-order chi connectivity index (χ0) is 29.8. The van der Waals surface area contributed by atoms with Crippen molar-refractivity contribution in [2.45, 2.75) is 58.4 Å². The number of rotatable bonds is 7. The molecule has 2 aromatic heterocycles. The molecule has 2 aromatic carbocycles. The van der Waals surface area contributed by atoms with Crippen LogP contribution in [-0.2, 0) is 4.79 Å². The number of benzene rings is 2. The summed E-state index contributed by atoms with van der Waals surface area (Å²) in [6.45, 7) is 7.82. The second kappa shape index (κ2) is 10.4. The summed E-state index contributed by atoms with van der Waals surface area (Å²) in [4.78, 5) is 27.6. The number of hydrogen-bond acceptors (Lipinski definition) is 6. The Hall–Kier alpha value is -4.54.